The monoisotopic (exact) mass is 436 g/mol. The summed E-state index contributed by atoms with van der Waals surface area (Å²) in [6, 6.07) is 9.97. The van der Waals surface area contributed by atoms with Crippen molar-refractivity contribution in [3.63, 3.8) is 0 Å². The van der Waals surface area contributed by atoms with Gasteiger partial charge >= 0.3 is 0 Å². The Hall–Kier alpha value is -2.80. The predicted molar refractivity (Wildman–Crippen MR) is 122 cm³/mol. The summed E-state index contributed by atoms with van der Waals surface area (Å²) in [4.78, 5) is 39.3. The van der Waals surface area contributed by atoms with Crippen LogP contribution in [0.4, 0.5) is 5.82 Å². The summed E-state index contributed by atoms with van der Waals surface area (Å²) < 4.78 is 5.43. The Morgan fingerprint density at radius 1 is 1.19 bits per heavy atom. The molecule has 7 heteroatoms. The van der Waals surface area contributed by atoms with Crippen molar-refractivity contribution in [2.24, 2.45) is 0 Å². The van der Waals surface area contributed by atoms with Crippen LogP contribution in [0.5, 0.6) is 0 Å². The van der Waals surface area contributed by atoms with Gasteiger partial charge in [0.05, 0.1) is 6.04 Å². The Bertz CT molecular complexity index is 1010. The second-order valence-electron chi connectivity index (χ2n) is 9.12. The van der Waals surface area contributed by atoms with Crippen molar-refractivity contribution in [3.8, 4) is 0 Å². The van der Waals surface area contributed by atoms with Crippen LogP contribution in [0.1, 0.15) is 61.8 Å². The first-order chi connectivity index (χ1) is 15.3. The molecule has 4 rings (SSSR count). The minimum absolute atomic E-state index is 0.0570. The Balaban J connectivity index is 1.65. The lowest BCUT2D eigenvalue weighted by Crippen LogP contribution is -2.46. The van der Waals surface area contributed by atoms with Gasteiger partial charge in [-0.15, -0.1) is 0 Å². The molecule has 0 radical (unpaired) electrons. The van der Waals surface area contributed by atoms with E-state index in [0.29, 0.717) is 37.6 Å². The molecule has 1 saturated heterocycles. The molecule has 1 atom stereocenters. The van der Waals surface area contributed by atoms with Gasteiger partial charge in [-0.25, -0.2) is 9.97 Å². The number of amides is 2. The maximum Gasteiger partial charge on any atom is 0.254 e. The van der Waals surface area contributed by atoms with Gasteiger partial charge in [-0.2, -0.15) is 0 Å². The first-order valence-corrected chi connectivity index (χ1v) is 11.4. The SMILES string of the molecule is COC(C)(C)C(=O)N1CCC[C@@H]1c1nc(C)c2c(n1)N(CCc1ccccc1)C(=O)CC2. The number of aryl methyl sites for hydroxylation is 1. The number of carbonyl (C=O) groups is 2. The highest BCUT2D eigenvalue weighted by atomic mass is 16.5. The molecule has 0 saturated carbocycles. The van der Waals surface area contributed by atoms with E-state index >= 15 is 0 Å². The van der Waals surface area contributed by atoms with Crippen molar-refractivity contribution in [1.82, 2.24) is 14.9 Å². The van der Waals surface area contributed by atoms with Crippen molar-refractivity contribution < 1.29 is 14.3 Å². The van der Waals surface area contributed by atoms with Crippen LogP contribution in [0.2, 0.25) is 0 Å². The number of fused-ring (bicyclic) bond motifs is 1. The zero-order valence-electron chi connectivity index (χ0n) is 19.4. The van der Waals surface area contributed by atoms with Crippen molar-refractivity contribution in [1.29, 1.82) is 0 Å². The minimum Gasteiger partial charge on any atom is -0.369 e. The van der Waals surface area contributed by atoms with Gasteiger partial charge in [0.25, 0.3) is 5.91 Å². The molecule has 3 heterocycles. The number of hydrogen-bond donors (Lipinski definition) is 0. The number of ether oxygens (including phenoxy) is 1. The lowest BCUT2D eigenvalue weighted by molar-refractivity contribution is -0.152. The summed E-state index contributed by atoms with van der Waals surface area (Å²) in [6.07, 6.45) is 3.60. The van der Waals surface area contributed by atoms with Gasteiger partial charge in [0.2, 0.25) is 5.91 Å². The zero-order chi connectivity index (χ0) is 22.9. The van der Waals surface area contributed by atoms with E-state index in [1.165, 1.54) is 5.56 Å². The van der Waals surface area contributed by atoms with E-state index in [0.717, 1.165) is 30.5 Å². The van der Waals surface area contributed by atoms with E-state index in [-0.39, 0.29) is 17.9 Å². The van der Waals surface area contributed by atoms with Crippen molar-refractivity contribution in [2.75, 3.05) is 25.1 Å². The summed E-state index contributed by atoms with van der Waals surface area (Å²) >= 11 is 0. The average molecular weight is 437 g/mol. The van der Waals surface area contributed by atoms with E-state index in [1.807, 2.05) is 34.9 Å². The number of rotatable bonds is 6. The molecule has 32 heavy (non-hydrogen) atoms. The molecule has 1 aromatic carbocycles. The fourth-order valence-corrected chi connectivity index (χ4v) is 4.58. The topological polar surface area (TPSA) is 75.6 Å². The highest BCUT2D eigenvalue weighted by Crippen LogP contribution is 2.36. The first-order valence-electron chi connectivity index (χ1n) is 11.4. The number of anilines is 1. The Morgan fingerprint density at radius 2 is 1.94 bits per heavy atom. The molecule has 7 nitrogen and oxygen atoms in total. The number of benzene rings is 1. The molecule has 0 aliphatic carbocycles. The second-order valence-corrected chi connectivity index (χ2v) is 9.12. The van der Waals surface area contributed by atoms with Crippen LogP contribution in [0.3, 0.4) is 0 Å². The third-order valence-corrected chi connectivity index (χ3v) is 6.66. The van der Waals surface area contributed by atoms with E-state index in [9.17, 15) is 9.59 Å². The van der Waals surface area contributed by atoms with E-state index < -0.39 is 5.60 Å². The van der Waals surface area contributed by atoms with Crippen LogP contribution in [-0.2, 0) is 27.2 Å². The highest BCUT2D eigenvalue weighted by molar-refractivity contribution is 5.95. The maximum atomic E-state index is 13.1. The lowest BCUT2D eigenvalue weighted by Gasteiger charge is -2.33. The largest absolute Gasteiger partial charge is 0.369 e. The molecule has 2 aliphatic heterocycles. The molecule has 170 valence electrons. The van der Waals surface area contributed by atoms with Crippen LogP contribution in [0.25, 0.3) is 0 Å². The number of aromatic nitrogens is 2. The van der Waals surface area contributed by atoms with Crippen LogP contribution >= 0.6 is 0 Å². The van der Waals surface area contributed by atoms with Gasteiger partial charge < -0.3 is 9.64 Å². The Labute approximate surface area is 189 Å². The van der Waals surface area contributed by atoms with Crippen molar-refractivity contribution in [2.45, 2.75) is 64.5 Å². The van der Waals surface area contributed by atoms with E-state index in [1.54, 1.807) is 21.0 Å². The van der Waals surface area contributed by atoms with E-state index in [4.69, 9.17) is 14.7 Å². The summed E-state index contributed by atoms with van der Waals surface area (Å²) in [5.41, 5.74) is 2.22. The fourth-order valence-electron chi connectivity index (χ4n) is 4.58. The Morgan fingerprint density at radius 3 is 2.66 bits per heavy atom. The summed E-state index contributed by atoms with van der Waals surface area (Å²) in [5.74, 6) is 1.37. The smallest absolute Gasteiger partial charge is 0.254 e. The maximum absolute atomic E-state index is 13.1. The number of methoxy groups -OCH3 is 1. The number of hydrogen-bond acceptors (Lipinski definition) is 5. The van der Waals surface area contributed by atoms with Crippen molar-refractivity contribution >= 4 is 17.6 Å². The standard InChI is InChI=1S/C25H32N4O3/c1-17-19-12-13-21(30)29(16-14-18-9-6-5-7-10-18)23(19)27-22(26-17)20-11-8-15-28(20)24(31)25(2,3)32-4/h5-7,9-10,20H,8,11-16H2,1-4H3/t20-/m1/s1. The summed E-state index contributed by atoms with van der Waals surface area (Å²) in [6.45, 7) is 6.79. The molecular formula is C25H32N4O3. The lowest BCUT2D eigenvalue weighted by atomic mass is 10.0. The van der Waals surface area contributed by atoms with Crippen LogP contribution in [0, 0.1) is 6.92 Å². The van der Waals surface area contributed by atoms with Crippen LogP contribution in [0.15, 0.2) is 30.3 Å². The predicted octanol–water partition coefficient (Wildman–Crippen LogP) is 3.40. The van der Waals surface area contributed by atoms with Gasteiger partial charge in [-0.3, -0.25) is 14.5 Å². The van der Waals surface area contributed by atoms with Gasteiger partial charge in [0.1, 0.15) is 11.4 Å². The molecule has 0 N–H and O–H groups in total. The summed E-state index contributed by atoms with van der Waals surface area (Å²) in [7, 11) is 1.55. The third kappa shape index (κ3) is 4.26. The number of carbonyl (C=O) groups excluding carboxylic acids is 2. The molecule has 2 aliphatic rings. The Kier molecular flexibility index (Phi) is 6.29. The number of nitrogens with zero attached hydrogens (tertiary/aromatic N) is 4. The minimum atomic E-state index is -0.899. The molecule has 1 aromatic heterocycles. The highest BCUT2D eigenvalue weighted by Gasteiger charge is 2.40. The molecule has 0 bridgehead atoms. The molecule has 0 unspecified atom stereocenters. The molecule has 2 aromatic rings. The van der Waals surface area contributed by atoms with Crippen LogP contribution in [-0.4, -0.2) is 52.5 Å². The van der Waals surface area contributed by atoms with E-state index in [2.05, 4.69) is 12.1 Å². The molecule has 0 spiro atoms. The van der Waals surface area contributed by atoms with Gasteiger partial charge in [0, 0.05) is 37.9 Å². The quantitative estimate of drug-likeness (QED) is 0.694. The summed E-state index contributed by atoms with van der Waals surface area (Å²) in [5, 5.41) is 0. The first kappa shape index (κ1) is 22.4. The molecular weight excluding hydrogens is 404 g/mol. The normalized spacial score (nSPS) is 18.8. The zero-order valence-corrected chi connectivity index (χ0v) is 19.4. The van der Waals surface area contributed by atoms with Crippen molar-refractivity contribution in [3.05, 3.63) is 53.0 Å². The molecule has 2 amide bonds. The van der Waals surface area contributed by atoms with Gasteiger partial charge in [-0.05, 0) is 52.0 Å². The number of likely N-dealkylation sites (tertiary alicyclic amines) is 1. The third-order valence-electron chi connectivity index (χ3n) is 6.66. The second kappa shape index (κ2) is 8.98. The molecule has 1 fully saturated rings. The van der Waals surface area contributed by atoms with Gasteiger partial charge in [-0.1, -0.05) is 30.3 Å². The fraction of sp³-hybridized carbons (Fsp3) is 0.520. The van der Waals surface area contributed by atoms with Crippen LogP contribution < -0.4 is 4.90 Å². The van der Waals surface area contributed by atoms with Gasteiger partial charge in [0.15, 0.2) is 5.82 Å². The average Bonchev–Trinajstić information content (AvgIpc) is 3.28.